The maximum atomic E-state index is 13.6. The number of benzene rings is 1. The summed E-state index contributed by atoms with van der Waals surface area (Å²) in [7, 11) is 0. The molecule has 0 bridgehead atoms. The minimum absolute atomic E-state index is 0.00532. The van der Waals surface area contributed by atoms with E-state index in [9.17, 15) is 29.7 Å². The number of halogens is 1. The largest absolute Gasteiger partial charge is 0.511 e. The van der Waals surface area contributed by atoms with Crippen LogP contribution in [0.15, 0.2) is 40.9 Å². The highest BCUT2D eigenvalue weighted by atomic mass is 35.5. The highest BCUT2D eigenvalue weighted by Crippen LogP contribution is 2.50. The number of phenols is 1. The SMILES string of the molecule is NC(=O)C1=C(O)CC2CC3Cc4c(Cl)cc(CN5CC=CC5)c(O)c4C(=O)C3=C(O)C2C1=O. The maximum Gasteiger partial charge on any atom is 0.255 e. The summed E-state index contributed by atoms with van der Waals surface area (Å²) in [6.45, 7) is 1.86. The molecule has 3 atom stereocenters. The number of rotatable bonds is 3. The van der Waals surface area contributed by atoms with Gasteiger partial charge in [0.05, 0.1) is 11.5 Å². The number of carbonyl (C=O) groups excluding carboxylic acids is 3. The number of amides is 1. The lowest BCUT2D eigenvalue weighted by molar-refractivity contribution is -0.126. The van der Waals surface area contributed by atoms with Crippen molar-refractivity contribution in [1.82, 2.24) is 4.90 Å². The summed E-state index contributed by atoms with van der Waals surface area (Å²) in [4.78, 5) is 40.2. The Morgan fingerprint density at radius 1 is 1.15 bits per heavy atom. The predicted molar refractivity (Wildman–Crippen MR) is 119 cm³/mol. The van der Waals surface area contributed by atoms with E-state index in [4.69, 9.17) is 17.3 Å². The molecule has 4 aliphatic rings. The van der Waals surface area contributed by atoms with Crippen LogP contribution < -0.4 is 5.73 Å². The number of aromatic hydroxyl groups is 1. The van der Waals surface area contributed by atoms with Gasteiger partial charge in [0.2, 0.25) is 0 Å². The lowest BCUT2D eigenvalue weighted by atomic mass is 9.62. The zero-order valence-electron chi connectivity index (χ0n) is 17.7. The van der Waals surface area contributed by atoms with E-state index in [0.717, 1.165) is 13.1 Å². The number of nitrogens with two attached hydrogens (primary N) is 1. The van der Waals surface area contributed by atoms with Gasteiger partial charge in [-0.05, 0) is 36.3 Å². The lowest BCUT2D eigenvalue weighted by Gasteiger charge is -2.41. The highest BCUT2D eigenvalue weighted by molar-refractivity contribution is 6.32. The molecule has 1 aromatic carbocycles. The first-order chi connectivity index (χ1) is 15.7. The molecule has 0 fully saturated rings. The van der Waals surface area contributed by atoms with Gasteiger partial charge in [-0.25, -0.2) is 0 Å². The summed E-state index contributed by atoms with van der Waals surface area (Å²) in [5, 5.41) is 32.6. The first-order valence-corrected chi connectivity index (χ1v) is 11.2. The van der Waals surface area contributed by atoms with Crippen molar-refractivity contribution < 1.29 is 29.7 Å². The molecule has 1 aromatic rings. The van der Waals surface area contributed by atoms with Crippen molar-refractivity contribution in [2.24, 2.45) is 23.5 Å². The second kappa shape index (κ2) is 7.74. The van der Waals surface area contributed by atoms with Crippen molar-refractivity contribution in [3.8, 4) is 5.75 Å². The number of phenolic OH excluding ortho intramolecular Hbond substituents is 1. The first kappa shape index (κ1) is 21.7. The van der Waals surface area contributed by atoms with Crippen molar-refractivity contribution in [3.63, 3.8) is 0 Å². The van der Waals surface area contributed by atoms with Crippen LogP contribution >= 0.6 is 11.6 Å². The summed E-state index contributed by atoms with van der Waals surface area (Å²) in [5.74, 6) is -5.40. The number of Topliss-reactive ketones (excluding diaryl/α,β-unsaturated/α-hetero) is 2. The maximum absolute atomic E-state index is 13.6. The Labute approximate surface area is 194 Å². The van der Waals surface area contributed by atoms with Crippen molar-refractivity contribution in [3.05, 3.63) is 62.6 Å². The molecule has 8 nitrogen and oxygen atoms in total. The minimum atomic E-state index is -1.13. The summed E-state index contributed by atoms with van der Waals surface area (Å²) >= 11 is 6.55. The van der Waals surface area contributed by atoms with Crippen molar-refractivity contribution in [1.29, 1.82) is 0 Å². The Bertz CT molecular complexity index is 1210. The predicted octanol–water partition coefficient (Wildman–Crippen LogP) is 2.49. The second-order valence-corrected chi connectivity index (χ2v) is 9.55. The summed E-state index contributed by atoms with van der Waals surface area (Å²) in [6, 6.07) is 1.68. The van der Waals surface area contributed by atoms with E-state index >= 15 is 0 Å². The van der Waals surface area contributed by atoms with Crippen LogP contribution in [0.4, 0.5) is 0 Å². The number of fused-ring (bicyclic) bond motifs is 3. The van der Waals surface area contributed by atoms with Gasteiger partial charge in [-0.2, -0.15) is 0 Å². The zero-order chi connectivity index (χ0) is 23.6. The normalized spacial score (nSPS) is 27.0. The molecule has 9 heteroatoms. The number of hydrogen-bond donors (Lipinski definition) is 4. The average Bonchev–Trinajstić information content (AvgIpc) is 3.24. The van der Waals surface area contributed by atoms with E-state index in [-0.39, 0.29) is 29.1 Å². The molecule has 0 saturated carbocycles. The monoisotopic (exact) mass is 470 g/mol. The second-order valence-electron chi connectivity index (χ2n) is 9.14. The fourth-order valence-electron chi connectivity index (χ4n) is 5.73. The van der Waals surface area contributed by atoms with E-state index in [1.807, 2.05) is 12.2 Å². The number of aliphatic hydroxyl groups excluding tert-OH is 2. The number of nitrogens with zero attached hydrogens (tertiary/aromatic N) is 1. The molecule has 5 rings (SSSR count). The number of primary amides is 1. The van der Waals surface area contributed by atoms with Gasteiger partial charge in [-0.3, -0.25) is 19.3 Å². The van der Waals surface area contributed by atoms with Crippen LogP contribution in [0.3, 0.4) is 0 Å². The molecule has 1 aliphatic heterocycles. The van der Waals surface area contributed by atoms with Gasteiger partial charge in [0.15, 0.2) is 11.6 Å². The molecule has 0 radical (unpaired) electrons. The smallest absolute Gasteiger partial charge is 0.255 e. The van der Waals surface area contributed by atoms with Crippen LogP contribution in [0.25, 0.3) is 0 Å². The Morgan fingerprint density at radius 3 is 2.52 bits per heavy atom. The van der Waals surface area contributed by atoms with Crippen LogP contribution in [-0.4, -0.2) is 50.8 Å². The number of carbonyl (C=O) groups is 3. The fourth-order valence-corrected chi connectivity index (χ4v) is 6.03. The molecule has 3 aliphatic carbocycles. The van der Waals surface area contributed by atoms with Gasteiger partial charge in [0, 0.05) is 42.2 Å². The van der Waals surface area contributed by atoms with Crippen molar-refractivity contribution in [2.45, 2.75) is 25.8 Å². The van der Waals surface area contributed by atoms with Crippen LogP contribution in [0.1, 0.15) is 34.3 Å². The van der Waals surface area contributed by atoms with Crippen LogP contribution in [0, 0.1) is 17.8 Å². The average molecular weight is 471 g/mol. The van der Waals surface area contributed by atoms with Gasteiger partial charge in [-0.1, -0.05) is 23.8 Å². The molecule has 1 amide bonds. The summed E-state index contributed by atoms with van der Waals surface area (Å²) in [6.07, 6.45) is 4.69. The molecule has 3 unspecified atom stereocenters. The third-order valence-electron chi connectivity index (χ3n) is 7.20. The molecule has 0 saturated heterocycles. The number of allylic oxidation sites excluding steroid dienone is 3. The quantitative estimate of drug-likeness (QED) is 0.392. The van der Waals surface area contributed by atoms with E-state index < -0.39 is 46.6 Å². The highest BCUT2D eigenvalue weighted by Gasteiger charge is 2.50. The number of aliphatic hydroxyl groups is 2. The van der Waals surface area contributed by atoms with Crippen molar-refractivity contribution >= 4 is 29.1 Å². The van der Waals surface area contributed by atoms with E-state index in [1.165, 1.54) is 0 Å². The van der Waals surface area contributed by atoms with Crippen molar-refractivity contribution in [2.75, 3.05) is 13.1 Å². The standard InChI is InChI=1S/C24H23ClN2O6/c25-14-7-12(9-27-3-1-2-4-27)20(29)18-13(14)6-10-5-11-8-15(28)19(24(26)33)23(32)17(11)21(30)16(10)22(18)31/h1-2,7,10-11,17,28-30H,3-6,8-9H2,(H2,26,33). The minimum Gasteiger partial charge on any atom is -0.511 e. The van der Waals surface area contributed by atoms with Gasteiger partial charge < -0.3 is 21.1 Å². The van der Waals surface area contributed by atoms with Gasteiger partial charge in [0.1, 0.15) is 22.8 Å². The topological polar surface area (TPSA) is 141 Å². The molecule has 5 N–H and O–H groups in total. The zero-order valence-corrected chi connectivity index (χ0v) is 18.4. The summed E-state index contributed by atoms with van der Waals surface area (Å²) < 4.78 is 0. The van der Waals surface area contributed by atoms with E-state index in [0.29, 0.717) is 35.5 Å². The third kappa shape index (κ3) is 3.28. The summed E-state index contributed by atoms with van der Waals surface area (Å²) in [5.41, 5.74) is 5.88. The lowest BCUT2D eigenvalue weighted by Crippen LogP contribution is -2.43. The van der Waals surface area contributed by atoms with Crippen LogP contribution in [-0.2, 0) is 22.6 Å². The molecule has 33 heavy (non-hydrogen) atoms. The molecular weight excluding hydrogens is 448 g/mol. The Balaban J connectivity index is 1.58. The van der Waals surface area contributed by atoms with Crippen LogP contribution in [0.5, 0.6) is 5.75 Å². The Morgan fingerprint density at radius 2 is 1.85 bits per heavy atom. The number of hydrogen-bond acceptors (Lipinski definition) is 7. The fraction of sp³-hybridized carbons (Fsp3) is 0.375. The molecule has 1 heterocycles. The van der Waals surface area contributed by atoms with E-state index in [2.05, 4.69) is 4.90 Å². The third-order valence-corrected chi connectivity index (χ3v) is 7.54. The Hall–Kier alpha value is -3.10. The molecular formula is C24H23ClN2O6. The van der Waals surface area contributed by atoms with Gasteiger partial charge in [0.25, 0.3) is 5.91 Å². The van der Waals surface area contributed by atoms with Gasteiger partial charge >= 0.3 is 0 Å². The van der Waals surface area contributed by atoms with Crippen LogP contribution in [0.2, 0.25) is 5.02 Å². The van der Waals surface area contributed by atoms with E-state index in [1.54, 1.807) is 6.07 Å². The number of ketones is 2. The molecule has 0 spiro atoms. The molecule has 0 aromatic heterocycles. The first-order valence-electron chi connectivity index (χ1n) is 10.8. The van der Waals surface area contributed by atoms with Gasteiger partial charge in [-0.15, -0.1) is 0 Å². The molecule has 172 valence electrons. The Kier molecular flexibility index (Phi) is 5.10.